The standard InChI is InChI=1S/C25H38O6/c1-14-6-7-16-10-15(2)23(29)24(31-21(28)13-25(3,4)5)22(16)19(14)9-8-18-11-17(26)12-20(27)30-18/h6-7,10,14-15,17-19,22-24,26,29H,8-9,11-13H2,1-5H3/t14-,15?,17?,18+,19-,22-,23?,24+/m0/s1. The predicted octanol–water partition coefficient (Wildman–Crippen LogP) is 3.56. The molecule has 0 spiro atoms. The number of hydrogen-bond acceptors (Lipinski definition) is 6. The summed E-state index contributed by atoms with van der Waals surface area (Å²) in [6, 6.07) is 0. The Morgan fingerprint density at radius 1 is 1.19 bits per heavy atom. The van der Waals surface area contributed by atoms with Crippen LogP contribution in [0.3, 0.4) is 0 Å². The van der Waals surface area contributed by atoms with Crippen LogP contribution in [0.15, 0.2) is 23.8 Å². The van der Waals surface area contributed by atoms with Crippen molar-refractivity contribution in [3.8, 4) is 0 Å². The fraction of sp³-hybridized carbons (Fsp3) is 0.760. The molecular weight excluding hydrogens is 396 g/mol. The van der Waals surface area contributed by atoms with Gasteiger partial charge in [-0.15, -0.1) is 0 Å². The highest BCUT2D eigenvalue weighted by Gasteiger charge is 2.46. The number of carbonyl (C=O) groups is 2. The summed E-state index contributed by atoms with van der Waals surface area (Å²) in [7, 11) is 0. The zero-order chi connectivity index (χ0) is 22.9. The van der Waals surface area contributed by atoms with E-state index in [9.17, 15) is 19.8 Å². The van der Waals surface area contributed by atoms with Gasteiger partial charge < -0.3 is 19.7 Å². The molecule has 6 heteroatoms. The van der Waals surface area contributed by atoms with Gasteiger partial charge in [-0.25, -0.2) is 0 Å². The van der Waals surface area contributed by atoms with Crippen molar-refractivity contribution in [3.05, 3.63) is 23.8 Å². The minimum atomic E-state index is -0.756. The van der Waals surface area contributed by atoms with E-state index in [4.69, 9.17) is 9.47 Å². The first-order valence-electron chi connectivity index (χ1n) is 11.6. The fourth-order valence-corrected chi connectivity index (χ4v) is 5.23. The van der Waals surface area contributed by atoms with E-state index in [2.05, 4.69) is 25.2 Å². The van der Waals surface area contributed by atoms with Gasteiger partial charge in [-0.1, -0.05) is 52.8 Å². The molecule has 3 unspecified atom stereocenters. The van der Waals surface area contributed by atoms with Gasteiger partial charge in [0.05, 0.1) is 25.0 Å². The van der Waals surface area contributed by atoms with Crippen molar-refractivity contribution in [1.82, 2.24) is 0 Å². The normalized spacial score (nSPS) is 38.2. The van der Waals surface area contributed by atoms with Gasteiger partial charge in [-0.05, 0) is 35.7 Å². The molecule has 3 aliphatic rings. The van der Waals surface area contributed by atoms with E-state index in [1.165, 1.54) is 0 Å². The lowest BCUT2D eigenvalue weighted by atomic mass is 9.64. The van der Waals surface area contributed by atoms with Gasteiger partial charge in [0.1, 0.15) is 12.2 Å². The molecule has 3 rings (SSSR count). The highest BCUT2D eigenvalue weighted by Crippen LogP contribution is 2.45. The minimum Gasteiger partial charge on any atom is -0.462 e. The van der Waals surface area contributed by atoms with E-state index in [1.54, 1.807) is 0 Å². The van der Waals surface area contributed by atoms with Crippen LogP contribution in [0.4, 0.5) is 0 Å². The first kappa shape index (κ1) is 24.0. The molecular formula is C25H38O6. The average molecular weight is 435 g/mol. The van der Waals surface area contributed by atoms with E-state index in [0.29, 0.717) is 19.3 Å². The summed E-state index contributed by atoms with van der Waals surface area (Å²) in [6.07, 6.45) is 6.28. The van der Waals surface area contributed by atoms with Crippen LogP contribution in [0.5, 0.6) is 0 Å². The SMILES string of the molecule is CC1C=C2C=C[C@H](C)[C@H](CC[C@@H]3CC(O)CC(=O)O3)[C@H]2[C@@H](OC(=O)CC(C)(C)C)C1O. The first-order chi connectivity index (χ1) is 14.4. The second kappa shape index (κ2) is 9.45. The van der Waals surface area contributed by atoms with Crippen LogP contribution in [-0.4, -0.2) is 46.6 Å². The molecule has 174 valence electrons. The average Bonchev–Trinajstić information content (AvgIpc) is 2.62. The first-order valence-corrected chi connectivity index (χ1v) is 11.6. The number of ether oxygens (including phenoxy) is 2. The molecule has 2 N–H and O–H groups in total. The second-order valence-corrected chi connectivity index (χ2v) is 10.9. The van der Waals surface area contributed by atoms with Crippen LogP contribution in [0.25, 0.3) is 0 Å². The Kier molecular flexibility index (Phi) is 7.32. The van der Waals surface area contributed by atoms with E-state index in [-0.39, 0.29) is 53.6 Å². The third-order valence-electron chi connectivity index (χ3n) is 6.80. The van der Waals surface area contributed by atoms with Crippen molar-refractivity contribution in [1.29, 1.82) is 0 Å². The summed E-state index contributed by atoms with van der Waals surface area (Å²) in [5.74, 6) is -0.460. The lowest BCUT2D eigenvalue weighted by Crippen LogP contribution is -2.49. The molecule has 6 nitrogen and oxygen atoms in total. The number of hydrogen-bond donors (Lipinski definition) is 2. The smallest absolute Gasteiger partial charge is 0.308 e. The zero-order valence-electron chi connectivity index (χ0n) is 19.4. The third kappa shape index (κ3) is 5.98. The Hall–Kier alpha value is -1.66. The van der Waals surface area contributed by atoms with Gasteiger partial charge in [-0.2, -0.15) is 0 Å². The molecule has 31 heavy (non-hydrogen) atoms. The molecule has 1 saturated heterocycles. The number of carbonyl (C=O) groups excluding carboxylic acids is 2. The summed E-state index contributed by atoms with van der Waals surface area (Å²) in [5, 5.41) is 20.9. The van der Waals surface area contributed by atoms with Crippen LogP contribution in [-0.2, 0) is 19.1 Å². The number of aliphatic hydroxyl groups is 2. The summed E-state index contributed by atoms with van der Waals surface area (Å²) >= 11 is 0. The number of fused-ring (bicyclic) bond motifs is 1. The van der Waals surface area contributed by atoms with Crippen molar-refractivity contribution in [2.75, 3.05) is 0 Å². The Bertz CT molecular complexity index is 733. The molecule has 0 aromatic carbocycles. The monoisotopic (exact) mass is 434 g/mol. The zero-order valence-corrected chi connectivity index (χ0v) is 19.4. The number of cyclic esters (lactones) is 1. The van der Waals surface area contributed by atoms with Crippen molar-refractivity contribution in [3.63, 3.8) is 0 Å². The summed E-state index contributed by atoms with van der Waals surface area (Å²) in [5.41, 5.74) is 0.918. The highest BCUT2D eigenvalue weighted by molar-refractivity contribution is 5.71. The Morgan fingerprint density at radius 3 is 2.55 bits per heavy atom. The number of rotatable bonds is 5. The lowest BCUT2D eigenvalue weighted by Gasteiger charge is -2.45. The van der Waals surface area contributed by atoms with E-state index < -0.39 is 18.3 Å². The van der Waals surface area contributed by atoms with Crippen LogP contribution in [0.2, 0.25) is 0 Å². The summed E-state index contributed by atoms with van der Waals surface area (Å²) in [4.78, 5) is 24.4. The molecule has 0 aromatic rings. The molecule has 1 fully saturated rings. The van der Waals surface area contributed by atoms with Crippen LogP contribution in [0, 0.1) is 29.1 Å². The van der Waals surface area contributed by atoms with Gasteiger partial charge in [0.25, 0.3) is 0 Å². The minimum absolute atomic E-state index is 0.0600. The number of allylic oxidation sites excluding steroid dienone is 2. The summed E-state index contributed by atoms with van der Waals surface area (Å²) in [6.45, 7) is 10.1. The molecule has 0 aromatic heterocycles. The quantitative estimate of drug-likeness (QED) is 0.643. The van der Waals surface area contributed by atoms with Crippen LogP contribution in [0.1, 0.15) is 66.7 Å². The number of aliphatic hydroxyl groups excluding tert-OH is 2. The Labute approximate surface area is 185 Å². The molecule has 1 aliphatic heterocycles. The fourth-order valence-electron chi connectivity index (χ4n) is 5.23. The maximum atomic E-state index is 12.7. The highest BCUT2D eigenvalue weighted by atomic mass is 16.6. The van der Waals surface area contributed by atoms with Gasteiger partial charge in [0, 0.05) is 18.3 Å². The Balaban J connectivity index is 1.78. The maximum absolute atomic E-state index is 12.7. The van der Waals surface area contributed by atoms with E-state index >= 15 is 0 Å². The van der Waals surface area contributed by atoms with E-state index in [1.807, 2.05) is 27.7 Å². The molecule has 2 aliphatic carbocycles. The van der Waals surface area contributed by atoms with Gasteiger partial charge in [0.15, 0.2) is 0 Å². The predicted molar refractivity (Wildman–Crippen MR) is 117 cm³/mol. The molecule has 0 saturated carbocycles. The molecule has 0 radical (unpaired) electrons. The van der Waals surface area contributed by atoms with Crippen LogP contribution < -0.4 is 0 Å². The van der Waals surface area contributed by atoms with Gasteiger partial charge in [-0.3, -0.25) is 9.59 Å². The Morgan fingerprint density at radius 2 is 1.90 bits per heavy atom. The van der Waals surface area contributed by atoms with Crippen molar-refractivity contribution >= 4 is 11.9 Å². The second-order valence-electron chi connectivity index (χ2n) is 10.9. The summed E-state index contributed by atoms with van der Waals surface area (Å²) < 4.78 is 11.4. The van der Waals surface area contributed by atoms with Crippen molar-refractivity contribution < 1.29 is 29.3 Å². The molecule has 1 heterocycles. The third-order valence-corrected chi connectivity index (χ3v) is 6.80. The van der Waals surface area contributed by atoms with E-state index in [0.717, 1.165) is 12.0 Å². The van der Waals surface area contributed by atoms with Crippen LogP contribution >= 0.6 is 0 Å². The number of esters is 2. The molecule has 0 bridgehead atoms. The van der Waals surface area contributed by atoms with Gasteiger partial charge in [0.2, 0.25) is 0 Å². The molecule has 8 atom stereocenters. The van der Waals surface area contributed by atoms with Crippen molar-refractivity contribution in [2.24, 2.45) is 29.1 Å². The van der Waals surface area contributed by atoms with Gasteiger partial charge >= 0.3 is 11.9 Å². The van der Waals surface area contributed by atoms with Crippen molar-refractivity contribution in [2.45, 2.75) is 91.1 Å². The largest absolute Gasteiger partial charge is 0.462 e. The lowest BCUT2D eigenvalue weighted by molar-refractivity contribution is -0.167. The maximum Gasteiger partial charge on any atom is 0.308 e. The topological polar surface area (TPSA) is 93.1 Å². The molecule has 0 amide bonds.